The largest absolute Gasteiger partial charge is 0.374 e. The van der Waals surface area contributed by atoms with Gasteiger partial charge in [-0.15, -0.1) is 0 Å². The third kappa shape index (κ3) is 2.67. The average molecular weight is 197 g/mol. The fourth-order valence-corrected chi connectivity index (χ4v) is 1.38. The molecular formula is C10H15NO3. The van der Waals surface area contributed by atoms with Gasteiger partial charge in [0.1, 0.15) is 0 Å². The monoisotopic (exact) mass is 197 g/mol. The lowest BCUT2D eigenvalue weighted by molar-refractivity contribution is -0.139. The summed E-state index contributed by atoms with van der Waals surface area (Å²) in [6.45, 7) is 6.01. The lowest BCUT2D eigenvalue weighted by Crippen LogP contribution is -2.37. The zero-order valence-electron chi connectivity index (χ0n) is 8.69. The number of ether oxygens (including phenoxy) is 1. The molecule has 4 nitrogen and oxygen atoms in total. The molecule has 0 aromatic heterocycles. The van der Waals surface area contributed by atoms with Gasteiger partial charge in [0.25, 0.3) is 11.8 Å². The molecule has 4 heteroatoms. The third-order valence-electron chi connectivity index (χ3n) is 1.84. The van der Waals surface area contributed by atoms with E-state index in [-0.39, 0.29) is 24.0 Å². The van der Waals surface area contributed by atoms with E-state index in [2.05, 4.69) is 0 Å². The SMILES string of the molecule is CC(C)O[C@@H](C)CN1C(=O)C=CC1=O. The Hall–Kier alpha value is -1.16. The Kier molecular flexibility index (Phi) is 3.41. The average Bonchev–Trinajstić information content (AvgIpc) is 2.34. The Morgan fingerprint density at radius 3 is 2.14 bits per heavy atom. The maximum atomic E-state index is 11.2. The lowest BCUT2D eigenvalue weighted by atomic mass is 10.3. The Labute approximate surface area is 83.5 Å². The van der Waals surface area contributed by atoms with Crippen LogP contribution in [0.25, 0.3) is 0 Å². The molecular weight excluding hydrogens is 182 g/mol. The number of carbonyl (C=O) groups excluding carboxylic acids is 2. The molecule has 0 radical (unpaired) electrons. The topological polar surface area (TPSA) is 46.6 Å². The summed E-state index contributed by atoms with van der Waals surface area (Å²) in [7, 11) is 0. The van der Waals surface area contributed by atoms with E-state index in [0.29, 0.717) is 6.54 Å². The first-order chi connectivity index (χ1) is 6.50. The maximum Gasteiger partial charge on any atom is 0.253 e. The molecule has 78 valence electrons. The van der Waals surface area contributed by atoms with Crippen LogP contribution in [-0.4, -0.2) is 35.5 Å². The summed E-state index contributed by atoms with van der Waals surface area (Å²) < 4.78 is 5.43. The summed E-state index contributed by atoms with van der Waals surface area (Å²) in [5.41, 5.74) is 0. The van der Waals surface area contributed by atoms with Crippen molar-refractivity contribution >= 4 is 11.8 Å². The van der Waals surface area contributed by atoms with E-state index < -0.39 is 0 Å². The highest BCUT2D eigenvalue weighted by atomic mass is 16.5. The minimum absolute atomic E-state index is 0.103. The molecule has 1 rings (SSSR count). The molecule has 1 aliphatic rings. The standard InChI is InChI=1S/C10H15NO3/c1-7(2)14-8(3)6-11-9(12)4-5-10(11)13/h4-5,7-8H,6H2,1-3H3/t8-/m0/s1. The molecule has 2 amide bonds. The van der Waals surface area contributed by atoms with Crippen LogP contribution in [0.5, 0.6) is 0 Å². The van der Waals surface area contributed by atoms with Crippen molar-refractivity contribution in [1.82, 2.24) is 4.90 Å². The highest BCUT2D eigenvalue weighted by Gasteiger charge is 2.25. The number of imide groups is 1. The van der Waals surface area contributed by atoms with E-state index in [9.17, 15) is 9.59 Å². The lowest BCUT2D eigenvalue weighted by Gasteiger charge is -2.21. The molecule has 1 aliphatic heterocycles. The second-order valence-corrected chi connectivity index (χ2v) is 3.62. The smallest absolute Gasteiger partial charge is 0.253 e. The normalized spacial score (nSPS) is 18.4. The Balaban J connectivity index is 2.44. The van der Waals surface area contributed by atoms with Crippen LogP contribution in [0.3, 0.4) is 0 Å². The number of rotatable bonds is 4. The van der Waals surface area contributed by atoms with E-state index in [1.165, 1.54) is 17.1 Å². The first-order valence-electron chi connectivity index (χ1n) is 4.69. The van der Waals surface area contributed by atoms with Gasteiger partial charge in [0.2, 0.25) is 0 Å². The number of nitrogens with zero attached hydrogens (tertiary/aromatic N) is 1. The minimum Gasteiger partial charge on any atom is -0.374 e. The van der Waals surface area contributed by atoms with Gasteiger partial charge in [0.05, 0.1) is 18.8 Å². The number of carbonyl (C=O) groups is 2. The summed E-state index contributed by atoms with van der Waals surface area (Å²) in [6, 6.07) is 0. The van der Waals surface area contributed by atoms with Crippen LogP contribution in [0, 0.1) is 0 Å². The van der Waals surface area contributed by atoms with Gasteiger partial charge >= 0.3 is 0 Å². The summed E-state index contributed by atoms with van der Waals surface area (Å²) in [6.07, 6.45) is 2.54. The highest BCUT2D eigenvalue weighted by molar-refractivity contribution is 6.12. The molecule has 1 atom stereocenters. The summed E-state index contributed by atoms with van der Waals surface area (Å²) in [5.74, 6) is -0.511. The Morgan fingerprint density at radius 2 is 1.71 bits per heavy atom. The van der Waals surface area contributed by atoms with Crippen molar-refractivity contribution in [3.8, 4) is 0 Å². The predicted octanol–water partition coefficient (Wildman–Crippen LogP) is 0.725. The van der Waals surface area contributed by atoms with Gasteiger partial charge in [-0.25, -0.2) is 0 Å². The first-order valence-corrected chi connectivity index (χ1v) is 4.69. The molecule has 0 N–H and O–H groups in total. The van der Waals surface area contributed by atoms with Crippen molar-refractivity contribution in [2.45, 2.75) is 33.0 Å². The molecule has 0 aliphatic carbocycles. The van der Waals surface area contributed by atoms with Crippen LogP contribution < -0.4 is 0 Å². The van der Waals surface area contributed by atoms with E-state index in [1.54, 1.807) is 0 Å². The second kappa shape index (κ2) is 4.37. The van der Waals surface area contributed by atoms with Gasteiger partial charge in [-0.05, 0) is 20.8 Å². The van der Waals surface area contributed by atoms with Crippen molar-refractivity contribution < 1.29 is 14.3 Å². The molecule has 0 saturated carbocycles. The molecule has 0 spiro atoms. The van der Waals surface area contributed by atoms with Crippen molar-refractivity contribution in [2.75, 3.05) is 6.54 Å². The van der Waals surface area contributed by atoms with Crippen LogP contribution >= 0.6 is 0 Å². The molecule has 0 bridgehead atoms. The zero-order chi connectivity index (χ0) is 10.7. The van der Waals surface area contributed by atoms with Crippen molar-refractivity contribution in [3.05, 3.63) is 12.2 Å². The Morgan fingerprint density at radius 1 is 1.21 bits per heavy atom. The fraction of sp³-hybridized carbons (Fsp3) is 0.600. The van der Waals surface area contributed by atoms with Crippen LogP contribution in [0.1, 0.15) is 20.8 Å². The number of amides is 2. The van der Waals surface area contributed by atoms with Crippen molar-refractivity contribution in [3.63, 3.8) is 0 Å². The van der Waals surface area contributed by atoms with Crippen LogP contribution in [0.15, 0.2) is 12.2 Å². The molecule has 0 saturated heterocycles. The van der Waals surface area contributed by atoms with Gasteiger partial charge in [0, 0.05) is 12.2 Å². The number of hydrogen-bond donors (Lipinski definition) is 0. The van der Waals surface area contributed by atoms with Crippen molar-refractivity contribution in [1.29, 1.82) is 0 Å². The van der Waals surface area contributed by atoms with E-state index in [0.717, 1.165) is 0 Å². The van der Waals surface area contributed by atoms with Gasteiger partial charge in [-0.1, -0.05) is 0 Å². The molecule has 0 aromatic rings. The van der Waals surface area contributed by atoms with Gasteiger partial charge < -0.3 is 4.74 Å². The Bertz CT molecular complexity index is 253. The summed E-state index contributed by atoms with van der Waals surface area (Å²) in [4.78, 5) is 23.5. The minimum atomic E-state index is -0.255. The zero-order valence-corrected chi connectivity index (χ0v) is 8.69. The van der Waals surface area contributed by atoms with Gasteiger partial charge in [-0.3, -0.25) is 14.5 Å². The van der Waals surface area contributed by atoms with E-state index in [1.807, 2.05) is 20.8 Å². The van der Waals surface area contributed by atoms with E-state index in [4.69, 9.17) is 4.74 Å². The second-order valence-electron chi connectivity index (χ2n) is 3.62. The summed E-state index contributed by atoms with van der Waals surface area (Å²) >= 11 is 0. The van der Waals surface area contributed by atoms with Gasteiger partial charge in [0.15, 0.2) is 0 Å². The predicted molar refractivity (Wildman–Crippen MR) is 51.5 cm³/mol. The number of hydrogen-bond acceptors (Lipinski definition) is 3. The van der Waals surface area contributed by atoms with Crippen LogP contribution in [-0.2, 0) is 14.3 Å². The molecule has 1 heterocycles. The highest BCUT2D eigenvalue weighted by Crippen LogP contribution is 2.07. The maximum absolute atomic E-state index is 11.2. The van der Waals surface area contributed by atoms with Crippen LogP contribution in [0.2, 0.25) is 0 Å². The van der Waals surface area contributed by atoms with E-state index >= 15 is 0 Å². The molecule has 0 unspecified atom stereocenters. The molecule has 14 heavy (non-hydrogen) atoms. The van der Waals surface area contributed by atoms with Gasteiger partial charge in [-0.2, -0.15) is 0 Å². The quantitative estimate of drug-likeness (QED) is 0.624. The molecule has 0 fully saturated rings. The fourth-order valence-electron chi connectivity index (χ4n) is 1.38. The molecule has 0 aromatic carbocycles. The van der Waals surface area contributed by atoms with Crippen molar-refractivity contribution in [2.24, 2.45) is 0 Å². The summed E-state index contributed by atoms with van der Waals surface area (Å²) in [5, 5.41) is 0. The third-order valence-corrected chi connectivity index (χ3v) is 1.84. The van der Waals surface area contributed by atoms with Crippen LogP contribution in [0.4, 0.5) is 0 Å². The first kappa shape index (κ1) is 10.9.